The second kappa shape index (κ2) is 29.7. The number of carbonyl (C=O) groups is 6. The summed E-state index contributed by atoms with van der Waals surface area (Å²) in [7, 11) is 0. The molecule has 6 amide bonds. The highest BCUT2D eigenvalue weighted by Crippen LogP contribution is 2.41. The van der Waals surface area contributed by atoms with E-state index in [1.54, 1.807) is 14.0 Å². The average Bonchev–Trinajstić information content (AvgIpc) is 1.48. The van der Waals surface area contributed by atoms with Crippen LogP contribution in [0.5, 0.6) is 0 Å². The van der Waals surface area contributed by atoms with Crippen molar-refractivity contribution in [2.24, 2.45) is 0 Å². The largest absolute Gasteiger partial charge is 0.371 e. The fourth-order valence-electron chi connectivity index (χ4n) is 18.5. The van der Waals surface area contributed by atoms with Crippen molar-refractivity contribution in [2.45, 2.75) is 137 Å². The summed E-state index contributed by atoms with van der Waals surface area (Å²) in [5.41, 5.74) is 15.8. The van der Waals surface area contributed by atoms with Crippen LogP contribution in [0.1, 0.15) is 170 Å². The van der Waals surface area contributed by atoms with Gasteiger partial charge in [-0.3, -0.25) is 57.5 Å². The number of imidazole rings is 3. The lowest BCUT2D eigenvalue weighted by Gasteiger charge is -2.32. The maximum absolute atomic E-state index is 14.1. The van der Waals surface area contributed by atoms with Crippen molar-refractivity contribution in [1.29, 1.82) is 0 Å². The van der Waals surface area contributed by atoms with E-state index in [1.165, 1.54) is 67.3 Å². The van der Waals surface area contributed by atoms with Crippen LogP contribution < -0.4 is 28.4 Å². The number of hydrogen-bond donors (Lipinski definition) is 0. The van der Waals surface area contributed by atoms with Crippen molar-refractivity contribution >= 4 is 84.8 Å². The molecule has 7 aromatic carbocycles. The fourth-order valence-corrected chi connectivity index (χ4v) is 18.5. The normalized spacial score (nSPS) is 15.9. The molecule has 0 aliphatic carbocycles. The number of amides is 6. The third-order valence-electron chi connectivity index (χ3n) is 24.4. The Balaban J connectivity index is 0.535. The molecule has 27 heteroatoms. The first-order chi connectivity index (χ1) is 55.7. The molecule has 3 fully saturated rings. The van der Waals surface area contributed by atoms with Crippen molar-refractivity contribution < 1.29 is 42.5 Å². The van der Waals surface area contributed by atoms with Gasteiger partial charge in [-0.2, -0.15) is 0 Å². The van der Waals surface area contributed by atoms with Gasteiger partial charge in [0.25, 0.3) is 35.4 Å². The van der Waals surface area contributed by atoms with E-state index in [9.17, 15) is 28.8 Å². The minimum atomic E-state index is -0.298. The minimum absolute atomic E-state index is 0.145. The summed E-state index contributed by atoms with van der Waals surface area (Å²) < 4.78 is 17.9. The smallest absolute Gasteiger partial charge is 0.261 e. The maximum Gasteiger partial charge on any atom is 0.261 e. The van der Waals surface area contributed by atoms with E-state index < -0.39 is 0 Å². The molecule has 6 aliphatic rings. The Bertz CT molecular complexity index is 5370. The molecule has 0 bridgehead atoms. The summed E-state index contributed by atoms with van der Waals surface area (Å²) >= 11 is 0. The molecule has 0 N–H and O–H groups in total. The molecule has 0 saturated carbocycles. The number of imide groups is 3. The number of rotatable bonds is 24. The van der Waals surface area contributed by atoms with E-state index in [0.717, 1.165) is 144 Å². The highest BCUT2D eigenvalue weighted by Gasteiger charge is 2.38. The molecule has 0 radical (unpaired) electrons. The lowest BCUT2D eigenvalue weighted by molar-refractivity contribution is -0.688. The molecule has 6 aromatic heterocycles. The SMILES string of the molecule is Cc1c(Cn2cc[n+](Cc3cn(CCN4C(=O)c5cccc6c(N7CCCCC7)ccc(c56)C4=O)nn3)c2)c(C)c(Cn2cc[n+](Cc3cn(CCN4C(=O)c5cccc6c(N7CCCCC7)ccc(c56)C4=O)nn3)c2)c(C)c1Cn1cc[n+](Cc2cn(CCN3C(=O)c4cccc5c(N6CCCCC6)ccc(c45)C3=O)nn2)c1. The van der Waals surface area contributed by atoms with Crippen molar-refractivity contribution in [1.82, 2.24) is 73.4 Å². The first kappa shape index (κ1) is 71.5. The number of anilines is 3. The van der Waals surface area contributed by atoms with E-state index in [4.69, 9.17) is 0 Å². The highest BCUT2D eigenvalue weighted by molar-refractivity contribution is 6.29. The van der Waals surface area contributed by atoms with Crippen LogP contribution in [0.25, 0.3) is 32.3 Å². The minimum Gasteiger partial charge on any atom is -0.371 e. The zero-order chi connectivity index (χ0) is 77.4. The van der Waals surface area contributed by atoms with Gasteiger partial charge in [-0.1, -0.05) is 52.0 Å². The Labute approximate surface area is 658 Å². The number of piperidine rings is 3. The lowest BCUT2D eigenvalue weighted by atomic mass is 9.87. The topological polar surface area (TPSA) is 240 Å². The summed E-state index contributed by atoms with van der Waals surface area (Å²) in [4.78, 5) is 95.9. The Morgan fingerprint density at radius 3 is 0.877 bits per heavy atom. The van der Waals surface area contributed by atoms with Gasteiger partial charge in [0.2, 0.25) is 19.0 Å². The summed E-state index contributed by atoms with van der Waals surface area (Å²) in [6.45, 7) is 16.8. The molecule has 576 valence electrons. The molecule has 0 spiro atoms. The Morgan fingerprint density at radius 2 is 0.596 bits per heavy atom. The zero-order valence-electron chi connectivity index (χ0n) is 64.5. The predicted octanol–water partition coefficient (Wildman–Crippen LogP) is 9.26. The molecular formula is C87H90N21O6+3. The molecule has 3 saturated heterocycles. The van der Waals surface area contributed by atoms with E-state index >= 15 is 0 Å². The van der Waals surface area contributed by atoms with Gasteiger partial charge < -0.3 is 14.7 Å². The van der Waals surface area contributed by atoms with Crippen LogP contribution in [-0.2, 0) is 58.9 Å². The van der Waals surface area contributed by atoms with E-state index in [-0.39, 0.29) is 74.7 Å². The summed E-state index contributed by atoms with van der Waals surface area (Å²) in [6.07, 6.45) is 34.6. The van der Waals surface area contributed by atoms with Crippen LogP contribution in [0, 0.1) is 20.8 Å². The number of nitrogens with zero attached hydrogens (tertiary/aromatic N) is 21. The van der Waals surface area contributed by atoms with Crippen molar-refractivity contribution in [3.63, 3.8) is 0 Å². The molecule has 12 heterocycles. The lowest BCUT2D eigenvalue weighted by Crippen LogP contribution is -2.42. The fraction of sp³-hybridized carbons (Fsp3) is 0.345. The van der Waals surface area contributed by atoms with E-state index in [0.29, 0.717) is 72.6 Å². The quantitative estimate of drug-likeness (QED) is 0.0404. The van der Waals surface area contributed by atoms with E-state index in [1.807, 2.05) is 128 Å². The van der Waals surface area contributed by atoms with E-state index in [2.05, 4.69) is 131 Å². The number of aromatic nitrogens is 15. The first-order valence-corrected chi connectivity index (χ1v) is 40.1. The number of carbonyl (C=O) groups excluding carboxylic acids is 6. The molecule has 0 atom stereocenters. The summed E-state index contributed by atoms with van der Waals surface area (Å²) in [5, 5.41) is 32.1. The van der Waals surface area contributed by atoms with Crippen molar-refractivity contribution in [3.05, 3.63) is 250 Å². The van der Waals surface area contributed by atoms with Gasteiger partial charge in [-0.05, 0) is 150 Å². The zero-order valence-corrected chi connectivity index (χ0v) is 64.5. The third-order valence-corrected chi connectivity index (χ3v) is 24.4. The molecular weight excluding hydrogens is 1440 g/mol. The summed E-state index contributed by atoms with van der Waals surface area (Å²) in [6, 6.07) is 29.1. The maximum atomic E-state index is 14.1. The van der Waals surface area contributed by atoms with Gasteiger partial charge in [-0.15, -0.1) is 15.3 Å². The number of benzene rings is 7. The Hall–Kier alpha value is -12.8. The predicted molar refractivity (Wildman–Crippen MR) is 425 cm³/mol. The number of hydrogen-bond acceptors (Lipinski definition) is 15. The standard InChI is InChI=1S/C87H90N21O6/c1-58-73(52-97-37-34-94(55-97)46-61-49-103(91-88-61)40-43-106-82(109)67-19-13-16-64-76(100-28-7-4-8-29-100)25-22-70(79(64)67)85(106)112)59(2)75(54-99-39-36-96(57-99)48-63-51-105(93-90-63)42-45-108-84(111)69-21-15-18-66-78(102-32-11-6-12-33-102)27-24-72(81(66)69)87(108)114)60(3)74(58)53-98-38-35-95(56-98)47-62-50-104(92-89-62)41-44-107-83(110)68-20-14-17-65-77(101-30-9-5-10-31-101)26-23-71(80(65)68)86(107)113/h13-27,34-39,49-51,55-57H,4-12,28-33,40-48,52-54H2,1-3H3/q+3. The van der Waals surface area contributed by atoms with Gasteiger partial charge in [0.1, 0.15) is 93.5 Å². The monoisotopic (exact) mass is 1520 g/mol. The molecule has 19 rings (SSSR count). The summed E-state index contributed by atoms with van der Waals surface area (Å²) in [5.74, 6) is -1.79. The highest BCUT2D eigenvalue weighted by atomic mass is 16.2. The van der Waals surface area contributed by atoms with Gasteiger partial charge >= 0.3 is 0 Å². The van der Waals surface area contributed by atoms with Crippen LogP contribution >= 0.6 is 0 Å². The van der Waals surface area contributed by atoms with Gasteiger partial charge in [0.05, 0.1) is 38.2 Å². The first-order valence-electron chi connectivity index (χ1n) is 40.1. The Kier molecular flexibility index (Phi) is 18.6. The second-order valence-corrected chi connectivity index (χ2v) is 31.5. The molecule has 13 aromatic rings. The van der Waals surface area contributed by atoms with Gasteiger partial charge in [0, 0.05) is 158 Å². The van der Waals surface area contributed by atoms with Crippen molar-refractivity contribution in [2.75, 3.05) is 73.6 Å². The Morgan fingerprint density at radius 1 is 0.325 bits per heavy atom. The average molecular weight is 1530 g/mol. The van der Waals surface area contributed by atoms with Crippen molar-refractivity contribution in [3.8, 4) is 0 Å². The van der Waals surface area contributed by atoms with Crippen LogP contribution in [-0.4, -0.2) is 168 Å². The molecule has 27 nitrogen and oxygen atoms in total. The second-order valence-electron chi connectivity index (χ2n) is 31.5. The molecule has 0 unspecified atom stereocenters. The van der Waals surface area contributed by atoms with Crippen LogP contribution in [0.3, 0.4) is 0 Å². The van der Waals surface area contributed by atoms with Crippen LogP contribution in [0.2, 0.25) is 0 Å². The van der Waals surface area contributed by atoms with Gasteiger partial charge in [0.15, 0.2) is 0 Å². The molecule has 114 heavy (non-hydrogen) atoms. The molecule has 6 aliphatic heterocycles. The van der Waals surface area contributed by atoms with Crippen LogP contribution in [0.15, 0.2) is 166 Å². The van der Waals surface area contributed by atoms with Gasteiger partial charge in [-0.25, -0.2) is 27.4 Å². The third kappa shape index (κ3) is 13.2. The van der Waals surface area contributed by atoms with Crippen LogP contribution in [0.4, 0.5) is 17.1 Å².